The molecule has 3 N–H and O–H groups in total. The lowest BCUT2D eigenvalue weighted by Gasteiger charge is -2.12. The third-order valence-corrected chi connectivity index (χ3v) is 3.79. The summed E-state index contributed by atoms with van der Waals surface area (Å²) in [5, 5.41) is 2.86. The van der Waals surface area contributed by atoms with Gasteiger partial charge in [0.25, 0.3) is 0 Å². The van der Waals surface area contributed by atoms with E-state index >= 15 is 0 Å². The van der Waals surface area contributed by atoms with E-state index in [9.17, 15) is 4.79 Å². The van der Waals surface area contributed by atoms with Gasteiger partial charge in [-0.15, -0.1) is 0 Å². The molecule has 0 saturated carbocycles. The van der Waals surface area contributed by atoms with Crippen LogP contribution >= 0.6 is 0 Å². The average Bonchev–Trinajstić information content (AvgIpc) is 2.48. The zero-order valence-electron chi connectivity index (χ0n) is 13.3. The predicted molar refractivity (Wildman–Crippen MR) is 90.2 cm³/mol. The van der Waals surface area contributed by atoms with Gasteiger partial charge >= 0.3 is 0 Å². The first kappa shape index (κ1) is 15.9. The summed E-state index contributed by atoms with van der Waals surface area (Å²) in [5.74, 6) is 0.743. The topological polar surface area (TPSA) is 64.3 Å². The minimum absolute atomic E-state index is 0.0843. The van der Waals surface area contributed by atoms with E-state index in [1.54, 1.807) is 0 Å². The fourth-order valence-corrected chi connectivity index (χ4v) is 2.14. The van der Waals surface area contributed by atoms with E-state index in [0.29, 0.717) is 18.7 Å². The van der Waals surface area contributed by atoms with E-state index in [2.05, 4.69) is 5.32 Å². The molecule has 0 aliphatic heterocycles. The summed E-state index contributed by atoms with van der Waals surface area (Å²) >= 11 is 0. The maximum Gasteiger partial charge on any atom is 0.227 e. The number of nitrogens with two attached hydrogens (primary N) is 1. The molecule has 0 aliphatic rings. The number of carbonyl (C=O) groups is 1. The van der Waals surface area contributed by atoms with Crippen molar-refractivity contribution in [1.29, 1.82) is 0 Å². The molecule has 2 aromatic rings. The summed E-state index contributed by atoms with van der Waals surface area (Å²) in [6.45, 7) is 6.29. The fourth-order valence-electron chi connectivity index (χ4n) is 2.14. The molecule has 2 rings (SSSR count). The summed E-state index contributed by atoms with van der Waals surface area (Å²) in [7, 11) is 0. The molecule has 2 aromatic carbocycles. The molecule has 0 spiro atoms. The van der Waals surface area contributed by atoms with Gasteiger partial charge in [0.1, 0.15) is 5.75 Å². The number of nitrogen functional groups attached to an aromatic ring is 1. The van der Waals surface area contributed by atoms with E-state index in [0.717, 1.165) is 22.6 Å². The molecule has 1 amide bonds. The molecule has 0 heterocycles. The third-order valence-electron chi connectivity index (χ3n) is 3.79. The smallest absolute Gasteiger partial charge is 0.227 e. The Morgan fingerprint density at radius 1 is 1.09 bits per heavy atom. The minimum atomic E-state index is -0.0843. The SMILES string of the molecule is Cc1cccc(OCCC(=O)Nc2cccc(N)c2C)c1C. The maximum absolute atomic E-state index is 12.0. The van der Waals surface area contributed by atoms with Crippen LogP contribution in [0, 0.1) is 20.8 Å². The van der Waals surface area contributed by atoms with Crippen LogP contribution in [0.3, 0.4) is 0 Å². The van der Waals surface area contributed by atoms with Crippen LogP contribution in [0.2, 0.25) is 0 Å². The summed E-state index contributed by atoms with van der Waals surface area (Å²) in [5.41, 5.74) is 10.4. The third kappa shape index (κ3) is 3.79. The van der Waals surface area contributed by atoms with Crippen molar-refractivity contribution in [2.24, 2.45) is 0 Å². The van der Waals surface area contributed by atoms with Gasteiger partial charge in [-0.3, -0.25) is 4.79 Å². The minimum Gasteiger partial charge on any atom is -0.493 e. The number of benzene rings is 2. The van der Waals surface area contributed by atoms with Crippen LogP contribution in [0.1, 0.15) is 23.1 Å². The zero-order chi connectivity index (χ0) is 16.1. The van der Waals surface area contributed by atoms with E-state index in [4.69, 9.17) is 10.5 Å². The second kappa shape index (κ2) is 6.98. The van der Waals surface area contributed by atoms with Gasteiger partial charge in [-0.25, -0.2) is 0 Å². The Hall–Kier alpha value is -2.49. The highest BCUT2D eigenvalue weighted by molar-refractivity contribution is 5.92. The predicted octanol–water partition coefficient (Wildman–Crippen LogP) is 3.60. The number of aryl methyl sites for hydroxylation is 1. The number of ether oxygens (including phenoxy) is 1. The van der Waals surface area contributed by atoms with E-state index < -0.39 is 0 Å². The molecule has 0 saturated heterocycles. The maximum atomic E-state index is 12.0. The van der Waals surface area contributed by atoms with Gasteiger partial charge in [-0.1, -0.05) is 18.2 Å². The average molecular weight is 298 g/mol. The first-order valence-corrected chi connectivity index (χ1v) is 7.33. The highest BCUT2D eigenvalue weighted by Crippen LogP contribution is 2.22. The van der Waals surface area contributed by atoms with Crippen LogP contribution < -0.4 is 15.8 Å². The molecule has 0 aliphatic carbocycles. The Labute approximate surface area is 131 Å². The lowest BCUT2D eigenvalue weighted by atomic mass is 10.1. The Kier molecular flexibility index (Phi) is 5.04. The molecule has 0 fully saturated rings. The highest BCUT2D eigenvalue weighted by Gasteiger charge is 2.07. The van der Waals surface area contributed by atoms with Crippen LogP contribution in [0.15, 0.2) is 36.4 Å². The van der Waals surface area contributed by atoms with Crippen molar-refractivity contribution < 1.29 is 9.53 Å². The van der Waals surface area contributed by atoms with Crippen LogP contribution in [0.5, 0.6) is 5.75 Å². The lowest BCUT2D eigenvalue weighted by molar-refractivity contribution is -0.116. The van der Waals surface area contributed by atoms with Gasteiger partial charge in [0.15, 0.2) is 0 Å². The van der Waals surface area contributed by atoms with E-state index in [-0.39, 0.29) is 5.91 Å². The van der Waals surface area contributed by atoms with Crippen LogP contribution in [0.4, 0.5) is 11.4 Å². The monoisotopic (exact) mass is 298 g/mol. The molecule has 0 unspecified atom stereocenters. The highest BCUT2D eigenvalue weighted by atomic mass is 16.5. The quantitative estimate of drug-likeness (QED) is 0.829. The van der Waals surface area contributed by atoms with Gasteiger partial charge in [-0.2, -0.15) is 0 Å². The number of amides is 1. The molecule has 0 aromatic heterocycles. The van der Waals surface area contributed by atoms with Gasteiger partial charge in [0, 0.05) is 11.4 Å². The van der Waals surface area contributed by atoms with Crippen molar-refractivity contribution in [3.8, 4) is 5.75 Å². The summed E-state index contributed by atoms with van der Waals surface area (Å²) in [6.07, 6.45) is 0.293. The Morgan fingerprint density at radius 3 is 2.59 bits per heavy atom. The Balaban J connectivity index is 1.88. The van der Waals surface area contributed by atoms with E-state index in [1.165, 1.54) is 5.56 Å². The molecule has 0 atom stereocenters. The number of nitrogens with one attached hydrogen (secondary N) is 1. The summed E-state index contributed by atoms with van der Waals surface area (Å²) in [4.78, 5) is 12.0. The summed E-state index contributed by atoms with van der Waals surface area (Å²) in [6, 6.07) is 11.4. The van der Waals surface area contributed by atoms with E-state index in [1.807, 2.05) is 57.2 Å². The molecule has 116 valence electrons. The molecule has 4 nitrogen and oxygen atoms in total. The number of carbonyl (C=O) groups excluding carboxylic acids is 1. The second-order valence-corrected chi connectivity index (χ2v) is 5.36. The second-order valence-electron chi connectivity index (χ2n) is 5.36. The number of hydrogen-bond donors (Lipinski definition) is 2. The normalized spacial score (nSPS) is 10.3. The molecule has 0 bridgehead atoms. The largest absolute Gasteiger partial charge is 0.493 e. The standard InChI is InChI=1S/C18H22N2O2/c1-12-6-4-9-17(13(12)2)22-11-10-18(21)20-16-8-5-7-15(19)14(16)3/h4-9H,10-11,19H2,1-3H3,(H,20,21). The van der Waals surface area contributed by atoms with Gasteiger partial charge < -0.3 is 15.8 Å². The number of anilines is 2. The molecular formula is C18H22N2O2. The number of rotatable bonds is 5. The molecule has 22 heavy (non-hydrogen) atoms. The van der Waals surface area contributed by atoms with Crippen molar-refractivity contribution >= 4 is 17.3 Å². The first-order valence-electron chi connectivity index (χ1n) is 7.33. The molecular weight excluding hydrogens is 276 g/mol. The van der Waals surface area contributed by atoms with Crippen molar-refractivity contribution in [3.63, 3.8) is 0 Å². The van der Waals surface area contributed by atoms with Gasteiger partial charge in [0.2, 0.25) is 5.91 Å². The molecule has 4 heteroatoms. The lowest BCUT2D eigenvalue weighted by Crippen LogP contribution is -2.16. The van der Waals surface area contributed by atoms with Crippen molar-refractivity contribution in [3.05, 3.63) is 53.1 Å². The van der Waals surface area contributed by atoms with Crippen molar-refractivity contribution in [2.75, 3.05) is 17.7 Å². The first-order chi connectivity index (χ1) is 10.5. The summed E-state index contributed by atoms with van der Waals surface area (Å²) < 4.78 is 5.69. The van der Waals surface area contributed by atoms with Crippen molar-refractivity contribution in [2.45, 2.75) is 27.2 Å². The van der Waals surface area contributed by atoms with Crippen LogP contribution in [-0.2, 0) is 4.79 Å². The van der Waals surface area contributed by atoms with Crippen LogP contribution in [-0.4, -0.2) is 12.5 Å². The van der Waals surface area contributed by atoms with Gasteiger partial charge in [-0.05, 0) is 55.7 Å². The van der Waals surface area contributed by atoms with Gasteiger partial charge in [0.05, 0.1) is 13.0 Å². The Morgan fingerprint density at radius 2 is 1.82 bits per heavy atom. The number of hydrogen-bond acceptors (Lipinski definition) is 3. The van der Waals surface area contributed by atoms with Crippen LogP contribution in [0.25, 0.3) is 0 Å². The fraction of sp³-hybridized carbons (Fsp3) is 0.278. The van der Waals surface area contributed by atoms with Crippen molar-refractivity contribution in [1.82, 2.24) is 0 Å². The molecule has 0 radical (unpaired) electrons. The zero-order valence-corrected chi connectivity index (χ0v) is 13.3. The Bertz CT molecular complexity index is 681.